The molecule has 0 saturated heterocycles. The zero-order valence-electron chi connectivity index (χ0n) is 23.8. The highest BCUT2D eigenvalue weighted by molar-refractivity contribution is 9.10. The number of halogens is 1. The van der Waals surface area contributed by atoms with Gasteiger partial charge in [0.25, 0.3) is 5.91 Å². The fourth-order valence-electron chi connectivity index (χ4n) is 4.61. The van der Waals surface area contributed by atoms with Gasteiger partial charge in [0.15, 0.2) is 11.5 Å². The Balaban J connectivity index is 1.26. The molecule has 5 aromatic rings. The molecular weight excluding hydrogens is 590 g/mol. The first-order chi connectivity index (χ1) is 20.4. The number of ether oxygens (including phenoxy) is 2. The lowest BCUT2D eigenvalue weighted by molar-refractivity contribution is 0.0955. The number of benzene rings is 4. The number of rotatable bonds is 10. The molecule has 0 aliphatic carbocycles. The van der Waals surface area contributed by atoms with Crippen molar-refractivity contribution in [1.29, 1.82) is 0 Å². The number of carbonyl (C=O) groups is 1. The lowest BCUT2D eigenvalue weighted by Crippen LogP contribution is -2.17. The molecule has 5 rings (SSSR count). The number of aromatic nitrogens is 1. The summed E-state index contributed by atoms with van der Waals surface area (Å²) in [5.74, 6) is 0.914. The van der Waals surface area contributed by atoms with Crippen molar-refractivity contribution in [3.05, 3.63) is 136 Å². The third-order valence-electron chi connectivity index (χ3n) is 6.75. The Morgan fingerprint density at radius 2 is 1.64 bits per heavy atom. The van der Waals surface area contributed by atoms with Crippen molar-refractivity contribution in [2.45, 2.75) is 27.4 Å². The van der Waals surface area contributed by atoms with Crippen LogP contribution in [0.2, 0.25) is 0 Å². The average molecular weight is 623 g/mol. The molecule has 42 heavy (non-hydrogen) atoms. The summed E-state index contributed by atoms with van der Waals surface area (Å²) in [6.45, 7) is 6.94. The van der Waals surface area contributed by atoms with Crippen LogP contribution in [0.5, 0.6) is 11.5 Å². The van der Waals surface area contributed by atoms with Crippen LogP contribution in [0.4, 0.5) is 0 Å². The molecule has 4 aromatic carbocycles. The summed E-state index contributed by atoms with van der Waals surface area (Å²) in [7, 11) is 0. The highest BCUT2D eigenvalue weighted by Gasteiger charge is 2.13. The van der Waals surface area contributed by atoms with E-state index in [4.69, 9.17) is 9.47 Å². The van der Waals surface area contributed by atoms with Crippen molar-refractivity contribution in [3.63, 3.8) is 0 Å². The van der Waals surface area contributed by atoms with E-state index < -0.39 is 0 Å². The predicted molar refractivity (Wildman–Crippen MR) is 172 cm³/mol. The number of amides is 1. The summed E-state index contributed by atoms with van der Waals surface area (Å²) in [6, 6.07) is 33.9. The van der Waals surface area contributed by atoms with Gasteiger partial charge in [-0.05, 0) is 102 Å². The van der Waals surface area contributed by atoms with Crippen molar-refractivity contribution in [1.82, 2.24) is 9.99 Å². The molecule has 6 nitrogen and oxygen atoms in total. The van der Waals surface area contributed by atoms with Crippen LogP contribution in [0.25, 0.3) is 16.9 Å². The average Bonchev–Trinajstić information content (AvgIpc) is 3.39. The second-order valence-corrected chi connectivity index (χ2v) is 10.7. The molecule has 212 valence electrons. The summed E-state index contributed by atoms with van der Waals surface area (Å²) < 4.78 is 14.8. The van der Waals surface area contributed by atoms with Crippen LogP contribution in [0.3, 0.4) is 0 Å². The number of aryl methyl sites for hydroxylation is 2. The Kier molecular flexibility index (Phi) is 9.19. The Bertz CT molecular complexity index is 1690. The summed E-state index contributed by atoms with van der Waals surface area (Å²) >= 11 is 3.60. The van der Waals surface area contributed by atoms with Gasteiger partial charge < -0.3 is 14.0 Å². The van der Waals surface area contributed by atoms with E-state index in [0.29, 0.717) is 30.3 Å². The fourth-order valence-corrected chi connectivity index (χ4v) is 5.19. The molecule has 1 aromatic heterocycles. The van der Waals surface area contributed by atoms with Crippen LogP contribution in [-0.2, 0) is 6.61 Å². The van der Waals surface area contributed by atoms with Gasteiger partial charge >= 0.3 is 0 Å². The summed E-state index contributed by atoms with van der Waals surface area (Å²) in [5, 5.41) is 4.19. The SMILES string of the molecule is CCOc1cc(/C=N/NC(=O)c2ccc(-n3c(C)ccc3-c3ccccc3)cc2)cc(Br)c1OCc1ccc(C)cc1. The minimum Gasteiger partial charge on any atom is -0.490 e. The quantitative estimate of drug-likeness (QED) is 0.126. The maximum atomic E-state index is 12.8. The van der Waals surface area contributed by atoms with Crippen molar-refractivity contribution < 1.29 is 14.3 Å². The molecule has 1 N–H and O–H groups in total. The molecule has 0 aliphatic heterocycles. The number of hydrazone groups is 1. The van der Waals surface area contributed by atoms with Crippen LogP contribution >= 0.6 is 15.9 Å². The Morgan fingerprint density at radius 3 is 2.36 bits per heavy atom. The molecule has 0 radical (unpaired) electrons. The highest BCUT2D eigenvalue weighted by Crippen LogP contribution is 2.37. The summed E-state index contributed by atoms with van der Waals surface area (Å²) in [4.78, 5) is 12.8. The predicted octanol–water partition coefficient (Wildman–Crippen LogP) is 8.27. The van der Waals surface area contributed by atoms with Gasteiger partial charge in [0.05, 0.1) is 23.0 Å². The fraction of sp³-hybridized carbons (Fsp3) is 0.143. The van der Waals surface area contributed by atoms with Crippen LogP contribution in [0.15, 0.2) is 113 Å². The molecule has 7 heteroatoms. The third kappa shape index (κ3) is 6.81. The Hall–Kier alpha value is -4.62. The maximum Gasteiger partial charge on any atom is 0.271 e. The lowest BCUT2D eigenvalue weighted by Gasteiger charge is -2.15. The van der Waals surface area contributed by atoms with Gasteiger partial charge in [0, 0.05) is 16.9 Å². The maximum absolute atomic E-state index is 12.8. The standard InChI is InChI=1S/C35H32BrN3O3/c1-4-41-33-21-27(20-31(36)34(33)42-23-26-13-10-24(2)11-14-26)22-37-38-35(40)29-15-17-30(18-16-29)39-25(3)12-19-32(39)28-8-6-5-7-9-28/h5-22H,4,23H2,1-3H3,(H,38,40)/b37-22+. The van der Waals surface area contributed by atoms with Gasteiger partial charge in [-0.25, -0.2) is 5.43 Å². The van der Waals surface area contributed by atoms with Crippen LogP contribution in [-0.4, -0.2) is 23.3 Å². The Morgan fingerprint density at radius 1 is 0.905 bits per heavy atom. The van der Waals surface area contributed by atoms with Gasteiger partial charge in [-0.3, -0.25) is 4.79 Å². The first-order valence-electron chi connectivity index (χ1n) is 13.7. The van der Waals surface area contributed by atoms with Crippen LogP contribution < -0.4 is 14.9 Å². The topological polar surface area (TPSA) is 64.8 Å². The second kappa shape index (κ2) is 13.4. The molecule has 0 fully saturated rings. The first-order valence-corrected chi connectivity index (χ1v) is 14.5. The van der Waals surface area contributed by atoms with Crippen molar-refractivity contribution in [2.24, 2.45) is 5.10 Å². The monoisotopic (exact) mass is 621 g/mol. The van der Waals surface area contributed by atoms with Crippen molar-refractivity contribution in [3.8, 4) is 28.4 Å². The number of hydrogen-bond donors (Lipinski definition) is 1. The van der Waals surface area contributed by atoms with E-state index in [9.17, 15) is 4.79 Å². The van der Waals surface area contributed by atoms with Crippen molar-refractivity contribution in [2.75, 3.05) is 6.61 Å². The summed E-state index contributed by atoms with van der Waals surface area (Å²) in [6.07, 6.45) is 1.58. The third-order valence-corrected chi connectivity index (χ3v) is 7.34. The second-order valence-electron chi connectivity index (χ2n) is 9.84. The first kappa shape index (κ1) is 28.9. The zero-order valence-corrected chi connectivity index (χ0v) is 25.4. The van der Waals surface area contributed by atoms with Gasteiger partial charge in [-0.1, -0.05) is 60.2 Å². The van der Waals surface area contributed by atoms with E-state index in [1.165, 1.54) is 5.56 Å². The minimum absolute atomic E-state index is 0.299. The number of carbonyl (C=O) groups excluding carboxylic acids is 1. The number of hydrogen-bond acceptors (Lipinski definition) is 4. The highest BCUT2D eigenvalue weighted by atomic mass is 79.9. The molecule has 0 spiro atoms. The molecule has 0 aliphatic rings. The smallest absolute Gasteiger partial charge is 0.271 e. The van der Waals surface area contributed by atoms with Gasteiger partial charge in [-0.2, -0.15) is 5.10 Å². The summed E-state index contributed by atoms with van der Waals surface area (Å²) in [5.41, 5.74) is 10.5. The molecule has 1 heterocycles. The van der Waals surface area contributed by atoms with E-state index in [1.54, 1.807) is 18.3 Å². The molecule has 1 amide bonds. The van der Waals surface area contributed by atoms with Crippen LogP contribution in [0.1, 0.15) is 39.7 Å². The molecule has 0 unspecified atom stereocenters. The molecular formula is C35H32BrN3O3. The lowest BCUT2D eigenvalue weighted by atomic mass is 10.1. The van der Waals surface area contributed by atoms with E-state index in [2.05, 4.69) is 81.3 Å². The van der Waals surface area contributed by atoms with Gasteiger partial charge in [-0.15, -0.1) is 0 Å². The van der Waals surface area contributed by atoms with Gasteiger partial charge in [0.1, 0.15) is 6.61 Å². The number of nitrogens with one attached hydrogen (secondary N) is 1. The molecule has 0 saturated carbocycles. The zero-order chi connectivity index (χ0) is 29.5. The van der Waals surface area contributed by atoms with Crippen molar-refractivity contribution >= 4 is 28.1 Å². The Labute approximate surface area is 254 Å². The van der Waals surface area contributed by atoms with E-state index >= 15 is 0 Å². The molecule has 0 atom stereocenters. The largest absolute Gasteiger partial charge is 0.490 e. The van der Waals surface area contributed by atoms with Gasteiger partial charge in [0.2, 0.25) is 0 Å². The molecule has 0 bridgehead atoms. The van der Waals surface area contributed by atoms with E-state index in [-0.39, 0.29) is 5.91 Å². The minimum atomic E-state index is -0.299. The van der Waals surface area contributed by atoms with E-state index in [0.717, 1.165) is 38.2 Å². The van der Waals surface area contributed by atoms with Crippen LogP contribution in [0, 0.1) is 13.8 Å². The normalized spacial score (nSPS) is 11.0. The number of nitrogens with zero attached hydrogens (tertiary/aromatic N) is 2. The van der Waals surface area contributed by atoms with E-state index in [1.807, 2.05) is 61.5 Å².